The van der Waals surface area contributed by atoms with E-state index in [0.29, 0.717) is 6.54 Å². The summed E-state index contributed by atoms with van der Waals surface area (Å²) in [5.41, 5.74) is 0. The van der Waals surface area contributed by atoms with E-state index in [1.165, 1.54) is 0 Å². The quantitative estimate of drug-likeness (QED) is 0.540. The highest BCUT2D eigenvalue weighted by Crippen LogP contribution is 2.18. The van der Waals surface area contributed by atoms with Crippen molar-refractivity contribution in [2.45, 2.75) is 26.4 Å². The number of furan rings is 1. The zero-order valence-corrected chi connectivity index (χ0v) is 15.1. The van der Waals surface area contributed by atoms with Gasteiger partial charge in [0.25, 0.3) is 0 Å². The molecule has 0 saturated heterocycles. The molecule has 0 aliphatic heterocycles. The second-order valence-corrected chi connectivity index (χ2v) is 5.58. The van der Waals surface area contributed by atoms with Gasteiger partial charge in [0.2, 0.25) is 0 Å². The van der Waals surface area contributed by atoms with Gasteiger partial charge in [-0.25, -0.2) is 4.99 Å². The van der Waals surface area contributed by atoms with Crippen LogP contribution in [0.3, 0.4) is 0 Å². The van der Waals surface area contributed by atoms with Crippen molar-refractivity contribution in [2.24, 2.45) is 4.99 Å². The maximum atomic E-state index is 5.87. The molecule has 2 N–H and O–H groups in total. The fourth-order valence-corrected chi connectivity index (χ4v) is 2.24. The Balaban J connectivity index is 1.79. The summed E-state index contributed by atoms with van der Waals surface area (Å²) in [6, 6.07) is 11.4. The van der Waals surface area contributed by atoms with Crippen molar-refractivity contribution in [2.75, 3.05) is 26.7 Å². The Hall–Kier alpha value is -2.63. The van der Waals surface area contributed by atoms with Crippen molar-refractivity contribution in [1.82, 2.24) is 10.6 Å². The molecule has 0 aliphatic rings. The lowest BCUT2D eigenvalue weighted by Crippen LogP contribution is -2.39. The molecule has 6 nitrogen and oxygen atoms in total. The molecular formula is C19H27N3O3. The van der Waals surface area contributed by atoms with Gasteiger partial charge < -0.3 is 24.5 Å². The molecule has 25 heavy (non-hydrogen) atoms. The second kappa shape index (κ2) is 10.3. The van der Waals surface area contributed by atoms with E-state index in [1.807, 2.05) is 50.2 Å². The fraction of sp³-hybridized carbons (Fsp3) is 0.421. The maximum Gasteiger partial charge on any atom is 0.191 e. The number of aliphatic imine (C=N–C) groups is 1. The van der Waals surface area contributed by atoms with Gasteiger partial charge in [0.1, 0.15) is 23.4 Å². The Morgan fingerprint density at radius 2 is 1.92 bits per heavy atom. The molecule has 1 atom stereocenters. The number of benzene rings is 1. The van der Waals surface area contributed by atoms with Gasteiger partial charge in [0.05, 0.1) is 19.9 Å². The molecule has 0 radical (unpaired) electrons. The van der Waals surface area contributed by atoms with Crippen LogP contribution in [0.25, 0.3) is 0 Å². The molecule has 0 bridgehead atoms. The minimum absolute atomic E-state index is 0.0334. The lowest BCUT2D eigenvalue weighted by atomic mass is 10.3. The summed E-state index contributed by atoms with van der Waals surface area (Å²) in [7, 11) is 1.65. The normalized spacial score (nSPS) is 12.5. The molecule has 0 saturated carbocycles. The summed E-state index contributed by atoms with van der Waals surface area (Å²) >= 11 is 0. The van der Waals surface area contributed by atoms with Gasteiger partial charge in [-0.1, -0.05) is 0 Å². The molecule has 0 spiro atoms. The number of hydrogen-bond acceptors (Lipinski definition) is 4. The summed E-state index contributed by atoms with van der Waals surface area (Å²) in [5, 5.41) is 6.53. The van der Waals surface area contributed by atoms with Crippen LogP contribution in [0.15, 0.2) is 52.1 Å². The van der Waals surface area contributed by atoms with E-state index < -0.39 is 0 Å². The Morgan fingerprint density at radius 3 is 2.56 bits per heavy atom. The first-order chi connectivity index (χ1) is 12.2. The van der Waals surface area contributed by atoms with Crippen LogP contribution in [-0.2, 0) is 6.42 Å². The van der Waals surface area contributed by atoms with Crippen LogP contribution in [-0.4, -0.2) is 38.8 Å². The summed E-state index contributed by atoms with van der Waals surface area (Å²) in [6.07, 6.45) is 2.47. The average Bonchev–Trinajstić information content (AvgIpc) is 3.14. The minimum Gasteiger partial charge on any atom is -0.497 e. The number of methoxy groups -OCH3 is 1. The van der Waals surface area contributed by atoms with Crippen molar-refractivity contribution in [1.29, 1.82) is 0 Å². The number of guanidine groups is 1. The first-order valence-corrected chi connectivity index (χ1v) is 8.56. The topological polar surface area (TPSA) is 68.0 Å². The van der Waals surface area contributed by atoms with E-state index in [2.05, 4.69) is 15.6 Å². The van der Waals surface area contributed by atoms with Crippen molar-refractivity contribution in [3.63, 3.8) is 0 Å². The SMILES string of the molecule is CCNC(=NCC(C)Oc1ccc(OC)cc1)NCCc1ccco1. The first-order valence-electron chi connectivity index (χ1n) is 8.56. The van der Waals surface area contributed by atoms with E-state index in [9.17, 15) is 0 Å². The van der Waals surface area contributed by atoms with Gasteiger partial charge in [-0.2, -0.15) is 0 Å². The number of ether oxygens (including phenoxy) is 2. The molecule has 2 rings (SSSR count). The van der Waals surface area contributed by atoms with E-state index in [-0.39, 0.29) is 6.10 Å². The molecular weight excluding hydrogens is 318 g/mol. The Labute approximate surface area is 149 Å². The number of rotatable bonds is 9. The Bertz CT molecular complexity index is 624. The molecule has 6 heteroatoms. The van der Waals surface area contributed by atoms with E-state index in [4.69, 9.17) is 13.9 Å². The highest BCUT2D eigenvalue weighted by molar-refractivity contribution is 5.79. The van der Waals surface area contributed by atoms with Gasteiger partial charge in [0.15, 0.2) is 5.96 Å². The van der Waals surface area contributed by atoms with Crippen LogP contribution in [0.2, 0.25) is 0 Å². The van der Waals surface area contributed by atoms with Crippen molar-refractivity contribution < 1.29 is 13.9 Å². The van der Waals surface area contributed by atoms with Crippen LogP contribution in [0, 0.1) is 0 Å². The number of nitrogens with zero attached hydrogens (tertiary/aromatic N) is 1. The van der Waals surface area contributed by atoms with Crippen LogP contribution in [0.1, 0.15) is 19.6 Å². The minimum atomic E-state index is -0.0334. The lowest BCUT2D eigenvalue weighted by Gasteiger charge is -2.15. The summed E-state index contributed by atoms with van der Waals surface area (Å²) < 4.78 is 16.3. The third-order valence-corrected chi connectivity index (χ3v) is 3.49. The summed E-state index contributed by atoms with van der Waals surface area (Å²) in [5.74, 6) is 3.35. The van der Waals surface area contributed by atoms with Gasteiger partial charge in [-0.3, -0.25) is 0 Å². The third-order valence-electron chi connectivity index (χ3n) is 3.49. The predicted octanol–water partition coefficient (Wildman–Crippen LogP) is 2.85. The van der Waals surface area contributed by atoms with E-state index in [0.717, 1.165) is 42.7 Å². The van der Waals surface area contributed by atoms with Crippen LogP contribution >= 0.6 is 0 Å². The number of nitrogens with one attached hydrogen (secondary N) is 2. The molecule has 1 unspecified atom stereocenters. The molecule has 136 valence electrons. The molecule has 2 aromatic rings. The molecule has 0 amide bonds. The molecule has 1 aromatic carbocycles. The van der Waals surface area contributed by atoms with Crippen LogP contribution < -0.4 is 20.1 Å². The van der Waals surface area contributed by atoms with Crippen LogP contribution in [0.4, 0.5) is 0 Å². The first kappa shape index (κ1) is 18.7. The van der Waals surface area contributed by atoms with Gasteiger partial charge >= 0.3 is 0 Å². The molecule has 1 aromatic heterocycles. The number of hydrogen-bond donors (Lipinski definition) is 2. The predicted molar refractivity (Wildman–Crippen MR) is 99.5 cm³/mol. The van der Waals surface area contributed by atoms with Crippen molar-refractivity contribution in [3.05, 3.63) is 48.4 Å². The summed E-state index contributed by atoms with van der Waals surface area (Å²) in [6.45, 7) is 6.16. The van der Waals surface area contributed by atoms with Gasteiger partial charge in [-0.15, -0.1) is 0 Å². The van der Waals surface area contributed by atoms with E-state index >= 15 is 0 Å². The fourth-order valence-electron chi connectivity index (χ4n) is 2.24. The standard InChI is InChI=1S/C19H27N3O3/c1-4-20-19(21-12-11-17-6-5-13-24-17)22-14-15(2)25-18-9-7-16(23-3)8-10-18/h5-10,13,15H,4,11-12,14H2,1-3H3,(H2,20,21,22). The Morgan fingerprint density at radius 1 is 1.16 bits per heavy atom. The highest BCUT2D eigenvalue weighted by Gasteiger charge is 2.05. The lowest BCUT2D eigenvalue weighted by molar-refractivity contribution is 0.230. The van der Waals surface area contributed by atoms with Crippen LogP contribution in [0.5, 0.6) is 11.5 Å². The zero-order chi connectivity index (χ0) is 17.9. The average molecular weight is 345 g/mol. The smallest absolute Gasteiger partial charge is 0.191 e. The monoisotopic (exact) mass is 345 g/mol. The van der Waals surface area contributed by atoms with Gasteiger partial charge in [-0.05, 0) is 50.2 Å². The molecule has 1 heterocycles. The zero-order valence-electron chi connectivity index (χ0n) is 15.1. The van der Waals surface area contributed by atoms with E-state index in [1.54, 1.807) is 13.4 Å². The largest absolute Gasteiger partial charge is 0.497 e. The molecule has 0 aliphatic carbocycles. The molecule has 0 fully saturated rings. The van der Waals surface area contributed by atoms with Crippen molar-refractivity contribution >= 4 is 5.96 Å². The highest BCUT2D eigenvalue weighted by atomic mass is 16.5. The van der Waals surface area contributed by atoms with Crippen molar-refractivity contribution in [3.8, 4) is 11.5 Å². The maximum absolute atomic E-state index is 5.87. The third kappa shape index (κ3) is 6.79. The second-order valence-electron chi connectivity index (χ2n) is 5.58. The summed E-state index contributed by atoms with van der Waals surface area (Å²) in [4.78, 5) is 4.58. The van der Waals surface area contributed by atoms with Gasteiger partial charge in [0, 0.05) is 19.5 Å². The Kier molecular flexibility index (Phi) is 7.69.